The second kappa shape index (κ2) is 5.87. The van der Waals surface area contributed by atoms with Crippen molar-refractivity contribution < 1.29 is 19.1 Å². The lowest BCUT2D eigenvalue weighted by Gasteiger charge is -2.08. The van der Waals surface area contributed by atoms with Gasteiger partial charge in [-0.15, -0.1) is 0 Å². The monoisotopic (exact) mass is 223 g/mol. The molecular formula is C11H13NO4. The van der Waals surface area contributed by atoms with Crippen molar-refractivity contribution in [3.8, 4) is 5.75 Å². The van der Waals surface area contributed by atoms with Gasteiger partial charge in [-0.05, 0) is 12.1 Å². The summed E-state index contributed by atoms with van der Waals surface area (Å²) in [7, 11) is 0. The number of nitrogens with two attached hydrogens (primary N) is 1. The second-order valence-corrected chi connectivity index (χ2v) is 2.92. The van der Waals surface area contributed by atoms with E-state index >= 15 is 0 Å². The molecule has 5 nitrogen and oxygen atoms in total. The number of rotatable bonds is 4. The van der Waals surface area contributed by atoms with Crippen LogP contribution in [0, 0.1) is 0 Å². The van der Waals surface area contributed by atoms with E-state index in [1.807, 2.05) is 0 Å². The Morgan fingerprint density at radius 1 is 1.31 bits per heavy atom. The minimum Gasteiger partial charge on any atom is -0.446 e. The average molecular weight is 223 g/mol. The van der Waals surface area contributed by atoms with Gasteiger partial charge in [-0.25, -0.2) is 4.79 Å². The third kappa shape index (κ3) is 3.06. The van der Waals surface area contributed by atoms with Gasteiger partial charge >= 0.3 is 11.9 Å². The minimum absolute atomic E-state index is 0.188. The number of carbonyl (C=O) groups is 2. The van der Waals surface area contributed by atoms with Gasteiger partial charge in [0.25, 0.3) is 0 Å². The Balaban J connectivity index is 2.91. The van der Waals surface area contributed by atoms with Crippen molar-refractivity contribution in [3.05, 3.63) is 29.8 Å². The van der Waals surface area contributed by atoms with Gasteiger partial charge in [-0.2, -0.15) is 0 Å². The molecule has 1 aromatic carbocycles. The molecule has 0 saturated carbocycles. The molecule has 0 unspecified atom stereocenters. The van der Waals surface area contributed by atoms with Crippen molar-refractivity contribution in [3.63, 3.8) is 0 Å². The van der Waals surface area contributed by atoms with Crippen molar-refractivity contribution in [1.29, 1.82) is 0 Å². The predicted octanol–water partition coefficient (Wildman–Crippen LogP) is 1.07. The van der Waals surface area contributed by atoms with E-state index < -0.39 is 11.9 Å². The highest BCUT2D eigenvalue weighted by Crippen LogP contribution is 2.19. The largest absolute Gasteiger partial charge is 0.446 e. The summed E-state index contributed by atoms with van der Waals surface area (Å²) in [4.78, 5) is 22.6. The summed E-state index contributed by atoms with van der Waals surface area (Å²) in [5.41, 5.74) is 5.28. The molecular weight excluding hydrogens is 210 g/mol. The molecule has 5 heteroatoms. The topological polar surface area (TPSA) is 78.6 Å². The Hall–Kier alpha value is -1.88. The zero-order valence-electron chi connectivity index (χ0n) is 8.93. The van der Waals surface area contributed by atoms with Gasteiger partial charge in [0.05, 0.1) is 0 Å². The molecule has 0 spiro atoms. The molecule has 0 aliphatic heterocycles. The molecule has 16 heavy (non-hydrogen) atoms. The van der Waals surface area contributed by atoms with E-state index in [0.717, 1.165) is 0 Å². The first-order valence-electron chi connectivity index (χ1n) is 4.86. The Morgan fingerprint density at radius 3 is 2.62 bits per heavy atom. The van der Waals surface area contributed by atoms with Gasteiger partial charge in [0, 0.05) is 6.42 Å². The molecule has 0 aliphatic carbocycles. The number of hydrogen-bond acceptors (Lipinski definition) is 5. The van der Waals surface area contributed by atoms with Crippen LogP contribution in [0.1, 0.15) is 23.7 Å². The number of benzene rings is 1. The van der Waals surface area contributed by atoms with E-state index in [0.29, 0.717) is 0 Å². The number of carbonyl (C=O) groups excluding carboxylic acids is 2. The van der Waals surface area contributed by atoms with E-state index in [4.69, 9.17) is 10.5 Å². The average Bonchev–Trinajstić information content (AvgIpc) is 2.30. The normalized spacial score (nSPS) is 9.62. The summed E-state index contributed by atoms with van der Waals surface area (Å²) in [5.74, 6) is -0.831. The molecule has 0 fully saturated rings. The van der Waals surface area contributed by atoms with Crippen LogP contribution in [0.4, 0.5) is 0 Å². The van der Waals surface area contributed by atoms with Gasteiger partial charge < -0.3 is 9.47 Å². The first kappa shape index (κ1) is 12.2. The van der Waals surface area contributed by atoms with Gasteiger partial charge in [0.1, 0.15) is 18.0 Å². The van der Waals surface area contributed by atoms with Crippen LogP contribution in [-0.4, -0.2) is 18.7 Å². The van der Waals surface area contributed by atoms with E-state index in [1.165, 1.54) is 12.1 Å². The third-order valence-electron chi connectivity index (χ3n) is 1.83. The summed E-state index contributed by atoms with van der Waals surface area (Å²) in [6.07, 6.45) is 0.236. The lowest BCUT2D eigenvalue weighted by atomic mass is 10.2. The maximum atomic E-state index is 11.4. The fraction of sp³-hybridized carbons (Fsp3) is 0.273. The number of esters is 2. The lowest BCUT2D eigenvalue weighted by molar-refractivity contribution is -0.134. The van der Waals surface area contributed by atoms with Gasteiger partial charge in [0.2, 0.25) is 0 Å². The summed E-state index contributed by atoms with van der Waals surface area (Å²) < 4.78 is 9.61. The minimum atomic E-state index is -0.609. The molecule has 2 N–H and O–H groups in total. The molecule has 0 amide bonds. The van der Waals surface area contributed by atoms with Crippen molar-refractivity contribution in [2.24, 2.45) is 5.73 Å². The molecule has 0 saturated heterocycles. The Morgan fingerprint density at radius 2 is 2.00 bits per heavy atom. The molecule has 1 aromatic rings. The maximum absolute atomic E-state index is 11.4. The summed E-state index contributed by atoms with van der Waals surface area (Å²) >= 11 is 0. The fourth-order valence-electron chi connectivity index (χ4n) is 1.07. The molecule has 0 heterocycles. The highest BCUT2D eigenvalue weighted by molar-refractivity contribution is 5.93. The molecule has 0 atom stereocenters. The van der Waals surface area contributed by atoms with Crippen molar-refractivity contribution in [1.82, 2.24) is 0 Å². The van der Waals surface area contributed by atoms with E-state index in [9.17, 15) is 9.59 Å². The molecule has 0 bridgehead atoms. The number of hydrogen-bond donors (Lipinski definition) is 1. The summed E-state index contributed by atoms with van der Waals surface area (Å²) in [5, 5.41) is 0. The SMILES string of the molecule is CCC(=O)Oc1ccccc1C(=O)OCN. The number of para-hydroxylation sites is 1. The highest BCUT2D eigenvalue weighted by Gasteiger charge is 2.14. The van der Waals surface area contributed by atoms with Crippen LogP contribution in [0.25, 0.3) is 0 Å². The van der Waals surface area contributed by atoms with E-state index in [-0.39, 0.29) is 24.5 Å². The molecule has 0 aliphatic rings. The van der Waals surface area contributed by atoms with Crippen molar-refractivity contribution in [2.75, 3.05) is 6.73 Å². The first-order chi connectivity index (χ1) is 7.69. The van der Waals surface area contributed by atoms with Crippen molar-refractivity contribution >= 4 is 11.9 Å². The van der Waals surface area contributed by atoms with Crippen molar-refractivity contribution in [2.45, 2.75) is 13.3 Å². The van der Waals surface area contributed by atoms with Gasteiger partial charge in [0.15, 0.2) is 0 Å². The smallest absolute Gasteiger partial charge is 0.343 e. The standard InChI is InChI=1S/C11H13NO4/c1-2-10(13)16-9-6-4-3-5-8(9)11(14)15-7-12/h3-6H,2,7,12H2,1H3. The summed E-state index contributed by atoms with van der Waals surface area (Å²) in [6, 6.07) is 6.35. The van der Waals surface area contributed by atoms with Gasteiger partial charge in [-0.1, -0.05) is 19.1 Å². The Bertz CT molecular complexity index is 389. The Kier molecular flexibility index (Phi) is 4.47. The number of ether oxygens (including phenoxy) is 2. The van der Waals surface area contributed by atoms with E-state index in [1.54, 1.807) is 19.1 Å². The molecule has 0 aromatic heterocycles. The molecule has 1 rings (SSSR count). The zero-order valence-corrected chi connectivity index (χ0v) is 8.93. The van der Waals surface area contributed by atoms with Gasteiger partial charge in [-0.3, -0.25) is 10.5 Å². The molecule has 0 radical (unpaired) electrons. The summed E-state index contributed by atoms with van der Waals surface area (Å²) in [6.45, 7) is 1.46. The molecule has 86 valence electrons. The van der Waals surface area contributed by atoms with Crippen LogP contribution in [0.5, 0.6) is 5.75 Å². The highest BCUT2D eigenvalue weighted by atomic mass is 16.6. The zero-order chi connectivity index (χ0) is 12.0. The van der Waals surface area contributed by atoms with Crippen LogP contribution < -0.4 is 10.5 Å². The maximum Gasteiger partial charge on any atom is 0.343 e. The quantitative estimate of drug-likeness (QED) is 0.469. The van der Waals surface area contributed by atoms with Crippen LogP contribution in [0.3, 0.4) is 0 Å². The van der Waals surface area contributed by atoms with Crippen LogP contribution in [-0.2, 0) is 9.53 Å². The second-order valence-electron chi connectivity index (χ2n) is 2.92. The first-order valence-corrected chi connectivity index (χ1v) is 4.86. The van der Waals surface area contributed by atoms with E-state index in [2.05, 4.69) is 4.74 Å². The van der Waals surface area contributed by atoms with Crippen LogP contribution >= 0.6 is 0 Å². The fourth-order valence-corrected chi connectivity index (χ4v) is 1.07. The van der Waals surface area contributed by atoms with Crippen LogP contribution in [0.2, 0.25) is 0 Å². The lowest BCUT2D eigenvalue weighted by Crippen LogP contribution is -2.15. The predicted molar refractivity (Wildman–Crippen MR) is 56.8 cm³/mol. The third-order valence-corrected chi connectivity index (χ3v) is 1.83. The Labute approximate surface area is 93.1 Å². The van der Waals surface area contributed by atoms with Crippen LogP contribution in [0.15, 0.2) is 24.3 Å².